The number of benzene rings is 1. The van der Waals surface area contributed by atoms with Gasteiger partial charge >= 0.3 is 0 Å². The van der Waals surface area contributed by atoms with Crippen molar-refractivity contribution in [2.75, 3.05) is 13.1 Å². The first-order valence-electron chi connectivity index (χ1n) is 9.17. The summed E-state index contributed by atoms with van der Waals surface area (Å²) in [4.78, 5) is 17.8. The second-order valence-corrected chi connectivity index (χ2v) is 7.03. The normalized spacial score (nSPS) is 16.0. The van der Waals surface area contributed by atoms with Crippen LogP contribution < -0.4 is 5.73 Å². The molecule has 0 aliphatic carbocycles. The molecular weight excluding hydrogens is 310 g/mol. The van der Waals surface area contributed by atoms with E-state index in [1.165, 1.54) is 24.0 Å². The van der Waals surface area contributed by atoms with Crippen molar-refractivity contribution < 1.29 is 4.79 Å². The molecule has 0 bridgehead atoms. The summed E-state index contributed by atoms with van der Waals surface area (Å²) in [6.45, 7) is 3.26. The SMILES string of the molecule is NC(=O)CCc1ccc(CC2CCN(Cc3ccccn3)CC2)cc1. The number of nitrogens with zero attached hydrogens (tertiary/aromatic N) is 2. The van der Waals surface area contributed by atoms with Crippen LogP contribution in [0, 0.1) is 5.92 Å². The predicted molar refractivity (Wildman–Crippen MR) is 99.9 cm³/mol. The van der Waals surface area contributed by atoms with Crippen LogP contribution in [-0.2, 0) is 24.2 Å². The van der Waals surface area contributed by atoms with Crippen molar-refractivity contribution in [3.05, 3.63) is 65.5 Å². The maximum Gasteiger partial charge on any atom is 0.217 e. The lowest BCUT2D eigenvalue weighted by molar-refractivity contribution is -0.117. The maximum absolute atomic E-state index is 10.9. The molecule has 2 aromatic rings. The fraction of sp³-hybridized carbons (Fsp3) is 0.429. The molecule has 0 atom stereocenters. The van der Waals surface area contributed by atoms with Crippen LogP contribution in [0.5, 0.6) is 0 Å². The zero-order valence-electron chi connectivity index (χ0n) is 14.7. The van der Waals surface area contributed by atoms with Gasteiger partial charge in [-0.1, -0.05) is 30.3 Å². The Labute approximate surface area is 150 Å². The van der Waals surface area contributed by atoms with Gasteiger partial charge in [0, 0.05) is 19.2 Å². The second kappa shape index (κ2) is 8.77. The minimum absolute atomic E-state index is 0.235. The standard InChI is InChI=1S/C21H27N3O/c22-21(25)9-8-17-4-6-18(7-5-17)15-19-10-13-24(14-11-19)16-20-3-1-2-12-23-20/h1-7,12,19H,8-11,13-16H2,(H2,22,25). The molecule has 2 N–H and O–H groups in total. The average molecular weight is 337 g/mol. The number of aromatic nitrogens is 1. The summed E-state index contributed by atoms with van der Waals surface area (Å²) in [6.07, 6.45) is 6.67. The Morgan fingerprint density at radius 3 is 2.44 bits per heavy atom. The summed E-state index contributed by atoms with van der Waals surface area (Å²) in [5.41, 5.74) is 8.95. The molecule has 132 valence electrons. The first-order valence-corrected chi connectivity index (χ1v) is 9.17. The quantitative estimate of drug-likeness (QED) is 0.845. The van der Waals surface area contributed by atoms with E-state index in [2.05, 4.69) is 46.3 Å². The first-order chi connectivity index (χ1) is 12.2. The van der Waals surface area contributed by atoms with Gasteiger partial charge in [0.15, 0.2) is 0 Å². The lowest BCUT2D eigenvalue weighted by atomic mass is 9.89. The van der Waals surface area contributed by atoms with E-state index < -0.39 is 0 Å². The molecule has 2 heterocycles. The minimum Gasteiger partial charge on any atom is -0.370 e. The Hall–Kier alpha value is -2.20. The number of piperidine rings is 1. The Morgan fingerprint density at radius 1 is 1.08 bits per heavy atom. The molecule has 0 saturated carbocycles. The van der Waals surface area contributed by atoms with E-state index in [1.54, 1.807) is 0 Å². The van der Waals surface area contributed by atoms with E-state index in [1.807, 2.05) is 12.3 Å². The van der Waals surface area contributed by atoms with Gasteiger partial charge in [-0.2, -0.15) is 0 Å². The summed E-state index contributed by atoms with van der Waals surface area (Å²) < 4.78 is 0. The molecule has 1 saturated heterocycles. The zero-order valence-corrected chi connectivity index (χ0v) is 14.7. The highest BCUT2D eigenvalue weighted by atomic mass is 16.1. The van der Waals surface area contributed by atoms with Crippen molar-refractivity contribution in [1.29, 1.82) is 0 Å². The summed E-state index contributed by atoms with van der Waals surface area (Å²) in [7, 11) is 0. The van der Waals surface area contributed by atoms with Crippen LogP contribution in [0.3, 0.4) is 0 Å². The molecule has 1 aromatic carbocycles. The Kier molecular flexibility index (Phi) is 6.18. The van der Waals surface area contributed by atoms with Gasteiger partial charge in [-0.05, 0) is 68.0 Å². The van der Waals surface area contributed by atoms with E-state index in [4.69, 9.17) is 5.73 Å². The van der Waals surface area contributed by atoms with Crippen molar-refractivity contribution in [3.63, 3.8) is 0 Å². The number of amides is 1. The fourth-order valence-corrected chi connectivity index (χ4v) is 3.51. The molecule has 0 unspecified atom stereocenters. The Balaban J connectivity index is 1.43. The van der Waals surface area contributed by atoms with Gasteiger partial charge in [-0.15, -0.1) is 0 Å². The van der Waals surface area contributed by atoms with E-state index >= 15 is 0 Å². The van der Waals surface area contributed by atoms with Crippen LogP contribution in [0.4, 0.5) is 0 Å². The Bertz CT molecular complexity index is 661. The third-order valence-corrected chi connectivity index (χ3v) is 5.03. The van der Waals surface area contributed by atoms with Crippen LogP contribution in [0.25, 0.3) is 0 Å². The largest absolute Gasteiger partial charge is 0.370 e. The molecule has 1 aliphatic heterocycles. The molecule has 4 nitrogen and oxygen atoms in total. The number of carbonyl (C=O) groups is 1. The van der Waals surface area contributed by atoms with E-state index in [0.717, 1.165) is 44.1 Å². The number of pyridine rings is 1. The molecule has 0 spiro atoms. The van der Waals surface area contributed by atoms with E-state index in [-0.39, 0.29) is 5.91 Å². The molecule has 0 radical (unpaired) electrons. The number of hydrogen-bond acceptors (Lipinski definition) is 3. The van der Waals surface area contributed by atoms with Crippen molar-refractivity contribution >= 4 is 5.91 Å². The van der Waals surface area contributed by atoms with Crippen LogP contribution in [0.2, 0.25) is 0 Å². The Morgan fingerprint density at radius 2 is 1.80 bits per heavy atom. The predicted octanol–water partition coefficient (Wildman–Crippen LogP) is 2.95. The molecule has 4 heteroatoms. The van der Waals surface area contributed by atoms with Crippen molar-refractivity contribution in [2.24, 2.45) is 11.7 Å². The molecule has 1 fully saturated rings. The van der Waals surface area contributed by atoms with Crippen LogP contribution in [0.15, 0.2) is 48.7 Å². The van der Waals surface area contributed by atoms with Gasteiger partial charge in [-0.3, -0.25) is 14.7 Å². The van der Waals surface area contributed by atoms with Crippen molar-refractivity contribution in [2.45, 2.75) is 38.6 Å². The van der Waals surface area contributed by atoms with Gasteiger partial charge in [0.25, 0.3) is 0 Å². The molecule has 3 rings (SSSR count). The fourth-order valence-electron chi connectivity index (χ4n) is 3.51. The smallest absolute Gasteiger partial charge is 0.217 e. The highest BCUT2D eigenvalue weighted by Gasteiger charge is 2.19. The van der Waals surface area contributed by atoms with Gasteiger partial charge < -0.3 is 5.73 Å². The number of carbonyl (C=O) groups excluding carboxylic acids is 1. The first kappa shape index (κ1) is 17.6. The van der Waals surface area contributed by atoms with Gasteiger partial charge in [-0.25, -0.2) is 0 Å². The highest BCUT2D eigenvalue weighted by molar-refractivity contribution is 5.73. The summed E-state index contributed by atoms with van der Waals surface area (Å²) in [5.74, 6) is 0.526. The van der Waals surface area contributed by atoms with Crippen molar-refractivity contribution in [1.82, 2.24) is 9.88 Å². The summed E-state index contributed by atoms with van der Waals surface area (Å²) in [5, 5.41) is 0. The lowest BCUT2D eigenvalue weighted by Gasteiger charge is -2.31. The highest BCUT2D eigenvalue weighted by Crippen LogP contribution is 2.23. The number of rotatable bonds is 7. The van der Waals surface area contributed by atoms with Crippen LogP contribution in [0.1, 0.15) is 36.1 Å². The van der Waals surface area contributed by atoms with E-state index in [0.29, 0.717) is 6.42 Å². The second-order valence-electron chi connectivity index (χ2n) is 7.03. The van der Waals surface area contributed by atoms with Gasteiger partial charge in [0.2, 0.25) is 5.91 Å². The van der Waals surface area contributed by atoms with Gasteiger partial charge in [0.05, 0.1) is 5.69 Å². The number of nitrogens with two attached hydrogens (primary N) is 1. The topological polar surface area (TPSA) is 59.2 Å². The summed E-state index contributed by atoms with van der Waals surface area (Å²) in [6, 6.07) is 14.8. The maximum atomic E-state index is 10.9. The number of primary amides is 1. The molecule has 1 aromatic heterocycles. The third kappa shape index (κ3) is 5.68. The molecule has 25 heavy (non-hydrogen) atoms. The number of aryl methyl sites for hydroxylation is 1. The lowest BCUT2D eigenvalue weighted by Crippen LogP contribution is -2.34. The monoisotopic (exact) mass is 337 g/mol. The minimum atomic E-state index is -0.235. The molecule has 1 aliphatic rings. The summed E-state index contributed by atoms with van der Waals surface area (Å²) >= 11 is 0. The third-order valence-electron chi connectivity index (χ3n) is 5.03. The van der Waals surface area contributed by atoms with Crippen LogP contribution in [-0.4, -0.2) is 28.9 Å². The van der Waals surface area contributed by atoms with Gasteiger partial charge in [0.1, 0.15) is 0 Å². The van der Waals surface area contributed by atoms with E-state index in [9.17, 15) is 4.79 Å². The molecule has 1 amide bonds. The molecular formula is C21H27N3O. The van der Waals surface area contributed by atoms with Crippen molar-refractivity contribution in [3.8, 4) is 0 Å². The average Bonchev–Trinajstić information content (AvgIpc) is 2.64. The number of likely N-dealkylation sites (tertiary alicyclic amines) is 1. The zero-order chi connectivity index (χ0) is 17.5. The van der Waals surface area contributed by atoms with Crippen LogP contribution >= 0.6 is 0 Å². The number of hydrogen-bond donors (Lipinski definition) is 1.